The first-order chi connectivity index (χ1) is 24.4. The number of carbonyl (C=O) groups excluding carboxylic acids is 2. The summed E-state index contributed by atoms with van der Waals surface area (Å²) >= 11 is 0. The maximum atomic E-state index is 12.7. The molecule has 0 aromatic heterocycles. The maximum Gasteiger partial charge on any atom is 0.326 e. The van der Waals surface area contributed by atoms with Crippen LogP contribution < -0.4 is 11.1 Å². The van der Waals surface area contributed by atoms with E-state index in [0.717, 1.165) is 83.5 Å². The van der Waals surface area contributed by atoms with Crippen LogP contribution in [0.3, 0.4) is 0 Å². The molecule has 0 aromatic rings. The number of rotatable bonds is 32. The fraction of sp³-hybridized carbons (Fsp3) is 0.558. The normalized spacial score (nSPS) is 13.8. The van der Waals surface area contributed by atoms with E-state index >= 15 is 0 Å². The lowest BCUT2D eigenvalue weighted by atomic mass is 10.1. The van der Waals surface area contributed by atoms with Crippen LogP contribution in [0, 0.1) is 0 Å². The number of unbranched alkanes of at least 4 members (excludes halogenated alkanes) is 4. The van der Waals surface area contributed by atoms with Crippen LogP contribution in [-0.4, -0.2) is 41.6 Å². The van der Waals surface area contributed by atoms with Crippen molar-refractivity contribution < 1.29 is 24.2 Å². The standard InChI is InChI=1S/C43H68N2O5/c1-3-5-7-9-11-13-15-16-17-18-20-22-24-26-31-37-42(47)50-39(33-28-25-23-21-19-14-12-10-8-6-4-2)34-29-27-30-36-41(46)45-40(43(48)49)35-32-38-44/h5-8,11-14,16-17,20-23,28,33,39-40H,3-4,9-10,15,18-19,24-27,29-32,34-38,44H2,1-2H3,(H,45,46)(H,48,49)/b7-5-,8-6-,13-11-,14-12-,17-16-,22-20-,23-21-,33-28-. The molecule has 50 heavy (non-hydrogen) atoms. The summed E-state index contributed by atoms with van der Waals surface area (Å²) in [5.74, 6) is -1.48. The van der Waals surface area contributed by atoms with E-state index in [1.807, 2.05) is 12.2 Å². The van der Waals surface area contributed by atoms with Gasteiger partial charge in [-0.25, -0.2) is 4.79 Å². The Labute approximate surface area is 304 Å². The van der Waals surface area contributed by atoms with Crippen LogP contribution in [0.1, 0.15) is 136 Å². The minimum absolute atomic E-state index is 0.181. The third-order valence-electron chi connectivity index (χ3n) is 7.63. The van der Waals surface area contributed by atoms with Gasteiger partial charge in [0, 0.05) is 12.8 Å². The Bertz CT molecular complexity index is 1100. The molecule has 2 unspecified atom stereocenters. The third kappa shape index (κ3) is 32.8. The van der Waals surface area contributed by atoms with Gasteiger partial charge in [-0.15, -0.1) is 0 Å². The number of hydrogen-bond donors (Lipinski definition) is 3. The molecule has 0 radical (unpaired) electrons. The lowest BCUT2D eigenvalue weighted by molar-refractivity contribution is -0.147. The van der Waals surface area contributed by atoms with E-state index in [9.17, 15) is 19.5 Å². The summed E-state index contributed by atoms with van der Waals surface area (Å²) in [5.41, 5.74) is 5.48. The number of allylic oxidation sites excluding steroid dienone is 15. The number of carbonyl (C=O) groups is 3. The minimum atomic E-state index is -1.04. The topological polar surface area (TPSA) is 119 Å². The summed E-state index contributed by atoms with van der Waals surface area (Å²) in [7, 11) is 0. The molecule has 0 fully saturated rings. The van der Waals surface area contributed by atoms with Gasteiger partial charge in [-0.2, -0.15) is 0 Å². The lowest BCUT2D eigenvalue weighted by Gasteiger charge is -2.15. The van der Waals surface area contributed by atoms with Crippen molar-refractivity contribution in [1.29, 1.82) is 0 Å². The van der Waals surface area contributed by atoms with Crippen molar-refractivity contribution in [2.24, 2.45) is 5.73 Å². The van der Waals surface area contributed by atoms with Crippen LogP contribution >= 0.6 is 0 Å². The molecule has 0 spiro atoms. The van der Waals surface area contributed by atoms with Gasteiger partial charge in [0.05, 0.1) is 0 Å². The van der Waals surface area contributed by atoms with Crippen molar-refractivity contribution in [2.75, 3.05) is 6.54 Å². The van der Waals surface area contributed by atoms with E-state index in [-0.39, 0.29) is 24.4 Å². The molecule has 0 saturated heterocycles. The Morgan fingerprint density at radius 2 is 1.10 bits per heavy atom. The fourth-order valence-corrected chi connectivity index (χ4v) is 4.82. The predicted octanol–water partition coefficient (Wildman–Crippen LogP) is 10.3. The zero-order valence-electron chi connectivity index (χ0n) is 31.2. The highest BCUT2D eigenvalue weighted by molar-refractivity contribution is 5.83. The van der Waals surface area contributed by atoms with Gasteiger partial charge in [-0.3, -0.25) is 9.59 Å². The number of esters is 1. The van der Waals surface area contributed by atoms with Crippen LogP contribution in [0.25, 0.3) is 0 Å². The molecule has 7 heteroatoms. The molecule has 0 aliphatic heterocycles. The van der Waals surface area contributed by atoms with Gasteiger partial charge in [-0.1, -0.05) is 111 Å². The van der Waals surface area contributed by atoms with E-state index in [1.165, 1.54) is 0 Å². The zero-order chi connectivity index (χ0) is 36.8. The molecule has 0 heterocycles. The van der Waals surface area contributed by atoms with Crippen molar-refractivity contribution in [3.05, 3.63) is 97.2 Å². The summed E-state index contributed by atoms with van der Waals surface area (Å²) in [6, 6.07) is -0.901. The first-order valence-electron chi connectivity index (χ1n) is 19.1. The molecule has 2 atom stereocenters. The number of carboxylic acids is 1. The molecule has 1 amide bonds. The van der Waals surface area contributed by atoms with Crippen molar-refractivity contribution in [1.82, 2.24) is 5.32 Å². The number of carboxylic acid groups (broad SMARTS) is 1. The van der Waals surface area contributed by atoms with Crippen LogP contribution in [0.2, 0.25) is 0 Å². The quantitative estimate of drug-likeness (QED) is 0.0367. The number of ether oxygens (including phenoxy) is 1. The Kier molecular flexibility index (Phi) is 33.9. The van der Waals surface area contributed by atoms with Crippen molar-refractivity contribution in [3.8, 4) is 0 Å². The van der Waals surface area contributed by atoms with Gasteiger partial charge in [0.1, 0.15) is 12.1 Å². The molecule has 0 aliphatic rings. The number of nitrogens with two attached hydrogens (primary N) is 1. The predicted molar refractivity (Wildman–Crippen MR) is 211 cm³/mol. The van der Waals surface area contributed by atoms with E-state index in [2.05, 4.69) is 104 Å². The Morgan fingerprint density at radius 1 is 0.600 bits per heavy atom. The first-order valence-corrected chi connectivity index (χ1v) is 19.1. The largest absolute Gasteiger partial charge is 0.480 e. The van der Waals surface area contributed by atoms with Gasteiger partial charge < -0.3 is 20.9 Å². The number of nitrogens with one attached hydrogen (secondary N) is 1. The summed E-state index contributed by atoms with van der Waals surface area (Å²) in [6.45, 7) is 4.66. The van der Waals surface area contributed by atoms with Crippen molar-refractivity contribution in [2.45, 2.75) is 148 Å². The monoisotopic (exact) mass is 693 g/mol. The maximum absolute atomic E-state index is 12.7. The average Bonchev–Trinajstić information content (AvgIpc) is 3.10. The second-order valence-corrected chi connectivity index (χ2v) is 12.2. The van der Waals surface area contributed by atoms with E-state index in [0.29, 0.717) is 38.6 Å². The Balaban J connectivity index is 4.62. The molecular formula is C43H68N2O5. The van der Waals surface area contributed by atoms with E-state index in [4.69, 9.17) is 10.5 Å². The van der Waals surface area contributed by atoms with Crippen LogP contribution in [-0.2, 0) is 19.1 Å². The summed E-state index contributed by atoms with van der Waals surface area (Å²) in [5, 5.41) is 11.9. The molecule has 0 rings (SSSR count). The number of aliphatic carboxylic acids is 1. The van der Waals surface area contributed by atoms with Crippen molar-refractivity contribution in [3.63, 3.8) is 0 Å². The number of hydrogen-bond acceptors (Lipinski definition) is 5. The van der Waals surface area contributed by atoms with Crippen LogP contribution in [0.4, 0.5) is 0 Å². The van der Waals surface area contributed by atoms with E-state index in [1.54, 1.807) is 0 Å². The van der Waals surface area contributed by atoms with Crippen LogP contribution in [0.15, 0.2) is 97.2 Å². The highest BCUT2D eigenvalue weighted by atomic mass is 16.5. The second kappa shape index (κ2) is 36.6. The lowest BCUT2D eigenvalue weighted by Crippen LogP contribution is -2.40. The fourth-order valence-electron chi connectivity index (χ4n) is 4.82. The highest BCUT2D eigenvalue weighted by Gasteiger charge is 2.19. The molecule has 0 saturated carbocycles. The average molecular weight is 693 g/mol. The zero-order valence-corrected chi connectivity index (χ0v) is 31.2. The summed E-state index contributed by atoms with van der Waals surface area (Å²) in [4.78, 5) is 36.3. The van der Waals surface area contributed by atoms with Gasteiger partial charge in [-0.05, 0) is 115 Å². The SMILES string of the molecule is CC/C=C\C/C=C\C/C=C\C/C=C\CCCCC(=O)OC(/C=C\C/C=C\C/C=C\C/C=C\CC)CCCCCC(=O)NC(CCCN)C(=O)O. The second-order valence-electron chi connectivity index (χ2n) is 12.2. The Morgan fingerprint density at radius 3 is 1.62 bits per heavy atom. The molecule has 280 valence electrons. The Hall–Kier alpha value is -3.71. The number of amides is 1. The van der Waals surface area contributed by atoms with E-state index < -0.39 is 12.0 Å². The molecule has 7 nitrogen and oxygen atoms in total. The van der Waals surface area contributed by atoms with Crippen LogP contribution in [0.5, 0.6) is 0 Å². The minimum Gasteiger partial charge on any atom is -0.480 e. The molecule has 4 N–H and O–H groups in total. The molecule has 0 bridgehead atoms. The third-order valence-corrected chi connectivity index (χ3v) is 7.63. The van der Waals surface area contributed by atoms with Gasteiger partial charge in [0.15, 0.2) is 0 Å². The molecule has 0 aromatic carbocycles. The first kappa shape index (κ1) is 46.3. The van der Waals surface area contributed by atoms with Gasteiger partial charge >= 0.3 is 11.9 Å². The smallest absolute Gasteiger partial charge is 0.326 e. The van der Waals surface area contributed by atoms with Gasteiger partial charge in [0.2, 0.25) is 5.91 Å². The summed E-state index contributed by atoms with van der Waals surface area (Å²) in [6.07, 6.45) is 48.8. The molecular weight excluding hydrogens is 624 g/mol. The van der Waals surface area contributed by atoms with Gasteiger partial charge in [0.25, 0.3) is 0 Å². The highest BCUT2D eigenvalue weighted by Crippen LogP contribution is 2.13. The van der Waals surface area contributed by atoms with Crippen molar-refractivity contribution >= 4 is 17.8 Å². The molecule has 0 aliphatic carbocycles. The summed E-state index contributed by atoms with van der Waals surface area (Å²) < 4.78 is 5.85.